The molecule has 0 fully saturated rings. The second kappa shape index (κ2) is 33.5. The molecule has 136 heavy (non-hydrogen) atoms. The van der Waals surface area contributed by atoms with E-state index < -0.39 is 0 Å². The normalized spacial score (nSPS) is 13.2. The number of anilines is 18. The van der Waals surface area contributed by atoms with Crippen molar-refractivity contribution in [3.05, 3.63) is 446 Å². The molecule has 18 aromatic carbocycles. The first kappa shape index (κ1) is 86.3. The summed E-state index contributed by atoms with van der Waals surface area (Å²) in [6, 6.07) is 160. The van der Waals surface area contributed by atoms with Crippen LogP contribution in [-0.2, 0) is 27.1 Å². The van der Waals surface area contributed by atoms with Crippen LogP contribution in [0.4, 0.5) is 102 Å². The molecule has 6 nitrogen and oxygen atoms in total. The summed E-state index contributed by atoms with van der Waals surface area (Å²) in [5, 5.41) is 0. The van der Waals surface area contributed by atoms with Gasteiger partial charge >= 0.3 is 0 Å². The molecular weight excluding hydrogens is 1640 g/mol. The third kappa shape index (κ3) is 15.3. The Morgan fingerprint density at radius 3 is 0.963 bits per heavy atom. The summed E-state index contributed by atoms with van der Waals surface area (Å²) in [6.07, 6.45) is 0. The summed E-state index contributed by atoms with van der Waals surface area (Å²) in [4.78, 5) is 15.6. The van der Waals surface area contributed by atoms with Crippen molar-refractivity contribution in [2.75, 3.05) is 29.4 Å². The van der Waals surface area contributed by atoms with Crippen LogP contribution in [0.1, 0.15) is 132 Å². The first-order valence-electron chi connectivity index (χ1n) is 48.3. The molecule has 22 rings (SSSR count). The highest BCUT2D eigenvalue weighted by Gasteiger charge is 2.49. The van der Waals surface area contributed by atoms with Gasteiger partial charge < -0.3 is 29.4 Å². The summed E-state index contributed by atoms with van der Waals surface area (Å²) < 4.78 is 0. The fourth-order valence-corrected chi connectivity index (χ4v) is 21.5. The zero-order chi connectivity index (χ0) is 93.4. The summed E-state index contributed by atoms with van der Waals surface area (Å²) in [6.45, 7) is 34.6. The van der Waals surface area contributed by atoms with E-state index in [1.807, 2.05) is 0 Å². The van der Waals surface area contributed by atoms with Gasteiger partial charge in [0.2, 0.25) is 0 Å². The molecule has 0 saturated carbocycles. The van der Waals surface area contributed by atoms with E-state index in [9.17, 15) is 0 Å². The smallest absolute Gasteiger partial charge is 0.252 e. The van der Waals surface area contributed by atoms with E-state index in [1.54, 1.807) is 0 Å². The number of hydrogen-bond acceptors (Lipinski definition) is 6. The Bertz CT molecular complexity index is 7480. The molecular formula is C128H114B2N6. The Morgan fingerprint density at radius 1 is 0.176 bits per heavy atom. The highest BCUT2D eigenvalue weighted by atomic mass is 15.2. The molecule has 0 saturated heterocycles. The largest absolute Gasteiger partial charge is 0.311 e. The zero-order valence-electron chi connectivity index (χ0n) is 80.7. The van der Waals surface area contributed by atoms with Crippen LogP contribution in [0.2, 0.25) is 0 Å². The van der Waals surface area contributed by atoms with Crippen LogP contribution in [0.5, 0.6) is 0 Å². The molecule has 0 aromatic heterocycles. The van der Waals surface area contributed by atoms with Gasteiger partial charge in [0, 0.05) is 102 Å². The molecule has 18 aromatic rings. The van der Waals surface area contributed by atoms with Crippen molar-refractivity contribution >= 4 is 149 Å². The highest BCUT2D eigenvalue weighted by molar-refractivity contribution is 7.01. The van der Waals surface area contributed by atoms with Crippen molar-refractivity contribution in [3.8, 4) is 55.6 Å². The van der Waals surface area contributed by atoms with Gasteiger partial charge in [0.25, 0.3) is 13.4 Å². The molecule has 0 spiro atoms. The quantitative estimate of drug-likeness (QED) is 0.0946. The molecule has 0 aliphatic carbocycles. The lowest BCUT2D eigenvalue weighted by Gasteiger charge is -2.46. The molecule has 0 unspecified atom stereocenters. The minimum Gasteiger partial charge on any atom is -0.311 e. The Morgan fingerprint density at radius 2 is 0.493 bits per heavy atom. The summed E-state index contributed by atoms with van der Waals surface area (Å²) in [5.41, 5.74) is 44.0. The monoisotopic (exact) mass is 1760 g/mol. The van der Waals surface area contributed by atoms with E-state index in [-0.39, 0.29) is 40.5 Å². The summed E-state index contributed by atoms with van der Waals surface area (Å²) >= 11 is 0. The number of rotatable bonds is 15. The van der Waals surface area contributed by atoms with Gasteiger partial charge in [-0.05, 0) is 255 Å². The average Bonchev–Trinajstić information content (AvgIpc) is 0.691. The lowest BCUT2D eigenvalue weighted by molar-refractivity contribution is 0.590. The van der Waals surface area contributed by atoms with Crippen molar-refractivity contribution in [2.45, 2.75) is 131 Å². The molecule has 662 valence electrons. The van der Waals surface area contributed by atoms with Crippen molar-refractivity contribution in [1.29, 1.82) is 0 Å². The molecule has 0 atom stereocenters. The SMILES string of the molecule is CC(C)(C)c1ccc(N(c2ccccc2)c2cc3c4c(c2)N(c2c(-c5ccccc5)cc(C(C)(C)C)cc2-c2ccccc2)c2ccc(-c5cccc(N(c6ccccc6)c6cc7c8c(c6)N(c6c(-c9ccccc9)cccc6-c6ccccc6)c6cc(C(C)(C)C)ccc6B8c6ccc(C(C)(C)C)cc6N7c6ccccc6)c5)cc2B4c2ccccc2N3c2ccc(C(C)(C)C)cc2)cc1. The van der Waals surface area contributed by atoms with Gasteiger partial charge in [0.15, 0.2) is 0 Å². The Hall–Kier alpha value is -15.1. The maximum absolute atomic E-state index is 2.70. The molecule has 8 heteroatoms. The predicted molar refractivity (Wildman–Crippen MR) is 585 cm³/mol. The van der Waals surface area contributed by atoms with Crippen LogP contribution < -0.4 is 62.2 Å². The van der Waals surface area contributed by atoms with Gasteiger partial charge in [-0.2, -0.15) is 0 Å². The van der Waals surface area contributed by atoms with Crippen LogP contribution in [0, 0.1) is 0 Å². The van der Waals surface area contributed by atoms with Gasteiger partial charge in [-0.1, -0.05) is 389 Å². The van der Waals surface area contributed by atoms with Crippen LogP contribution in [0.25, 0.3) is 55.6 Å². The number of nitrogens with zero attached hydrogens (tertiary/aromatic N) is 6. The van der Waals surface area contributed by atoms with E-state index in [4.69, 9.17) is 0 Å². The van der Waals surface area contributed by atoms with Crippen LogP contribution >= 0.6 is 0 Å². The number of para-hydroxylation sites is 5. The maximum Gasteiger partial charge on any atom is 0.252 e. The standard InChI is InChI=1S/C128H114B2N6/c1-124(2,3)91-62-68-99(69-63-91)131(96-50-31-20-32-51-96)102-81-116-121-118(83-102)135(123-106(87-45-27-18-28-46-87)77-95(128(13,14)15)78-107(123)88-47-29-19-30-48-88)113-74-61-90(76-111(113)130(121)108-59-37-38-60-112(108)133(116)100-70-64-92(65-71-100)125(4,5)6)89-49-39-56-101(75-89)132(97-52-33-21-34-53-97)103-82-117-120-119(84-103)136(122-104(85-41-23-16-24-42-85)57-40-58-105(122)86-43-25-17-26-44-86)115-80-94(127(10,11)12)67-73-110(115)129(120)109-72-66-93(126(7,8)9)79-114(109)134(117)98-54-35-22-36-55-98/h16-84H,1-15H3. The zero-order valence-corrected chi connectivity index (χ0v) is 80.7. The van der Waals surface area contributed by atoms with Gasteiger partial charge in [0.1, 0.15) is 0 Å². The minimum atomic E-state index is -0.267. The van der Waals surface area contributed by atoms with Gasteiger partial charge in [-0.25, -0.2) is 0 Å². The van der Waals surface area contributed by atoms with Crippen LogP contribution in [0.3, 0.4) is 0 Å². The van der Waals surface area contributed by atoms with Crippen molar-refractivity contribution < 1.29 is 0 Å². The molecule has 4 aliphatic rings. The van der Waals surface area contributed by atoms with Gasteiger partial charge in [-0.15, -0.1) is 0 Å². The van der Waals surface area contributed by atoms with E-state index in [1.165, 1.54) is 66.3 Å². The van der Waals surface area contributed by atoms with E-state index in [0.717, 1.165) is 152 Å². The Balaban J connectivity index is 0.821. The fraction of sp³-hybridized carbons (Fsp3) is 0.156. The van der Waals surface area contributed by atoms with Crippen molar-refractivity contribution in [1.82, 2.24) is 0 Å². The number of fused-ring (bicyclic) bond motifs is 8. The van der Waals surface area contributed by atoms with Crippen molar-refractivity contribution in [3.63, 3.8) is 0 Å². The summed E-state index contributed by atoms with van der Waals surface area (Å²) in [5.74, 6) is 0. The second-order valence-electron chi connectivity index (χ2n) is 42.5. The minimum absolute atomic E-state index is 0.0629. The Kier molecular flexibility index (Phi) is 21.3. The van der Waals surface area contributed by atoms with Crippen LogP contribution in [-0.4, -0.2) is 13.4 Å². The van der Waals surface area contributed by atoms with Gasteiger partial charge in [-0.3, -0.25) is 0 Å². The molecule has 0 radical (unpaired) electrons. The van der Waals surface area contributed by atoms with E-state index >= 15 is 0 Å². The van der Waals surface area contributed by atoms with E-state index in [0.29, 0.717) is 0 Å². The van der Waals surface area contributed by atoms with Gasteiger partial charge in [0.05, 0.1) is 22.7 Å². The highest BCUT2D eigenvalue weighted by Crippen LogP contribution is 2.57. The fourth-order valence-electron chi connectivity index (χ4n) is 21.5. The average molecular weight is 1760 g/mol. The third-order valence-electron chi connectivity index (χ3n) is 28.5. The third-order valence-corrected chi connectivity index (χ3v) is 28.5. The molecule has 0 N–H and O–H groups in total. The topological polar surface area (TPSA) is 19.4 Å². The lowest BCUT2D eigenvalue weighted by atomic mass is 9.33. The predicted octanol–water partition coefficient (Wildman–Crippen LogP) is 31.6. The summed E-state index contributed by atoms with van der Waals surface area (Å²) in [7, 11) is 0. The first-order valence-corrected chi connectivity index (χ1v) is 48.3. The molecule has 4 aliphatic heterocycles. The van der Waals surface area contributed by atoms with E-state index in [2.05, 4.69) is 552 Å². The second-order valence-corrected chi connectivity index (χ2v) is 42.5. The number of hydrogen-bond donors (Lipinski definition) is 0. The lowest BCUT2D eigenvalue weighted by Crippen LogP contribution is -2.61. The molecule has 0 bridgehead atoms. The van der Waals surface area contributed by atoms with Crippen LogP contribution in [0.15, 0.2) is 419 Å². The number of benzene rings is 18. The van der Waals surface area contributed by atoms with Crippen molar-refractivity contribution in [2.24, 2.45) is 0 Å². The first-order chi connectivity index (χ1) is 65.7. The Labute approximate surface area is 805 Å². The molecule has 0 amide bonds. The molecule has 4 heterocycles. The maximum atomic E-state index is 2.70.